The molecule has 3 rings (SSSR count). The van der Waals surface area contributed by atoms with Crippen LogP contribution < -0.4 is 5.32 Å². The molecule has 0 aromatic heterocycles. The summed E-state index contributed by atoms with van der Waals surface area (Å²) in [6.45, 7) is 4.08. The van der Waals surface area contributed by atoms with Crippen LogP contribution in [0.4, 0.5) is 5.69 Å². The van der Waals surface area contributed by atoms with Crippen molar-refractivity contribution < 1.29 is 14.5 Å². The Balaban J connectivity index is 1.69. The Bertz CT molecular complexity index is 1010. The van der Waals surface area contributed by atoms with Crippen LogP contribution in [0.15, 0.2) is 42.5 Å². The smallest absolute Gasteiger partial charge is 0.288 e. The molecule has 0 saturated heterocycles. The van der Waals surface area contributed by atoms with Crippen LogP contribution in [0.25, 0.3) is 0 Å². The van der Waals surface area contributed by atoms with Gasteiger partial charge >= 0.3 is 0 Å². The molecule has 2 aromatic rings. The molecule has 1 aliphatic carbocycles. The van der Waals surface area contributed by atoms with Crippen molar-refractivity contribution in [3.8, 4) is 0 Å². The summed E-state index contributed by atoms with van der Waals surface area (Å²) in [5.74, 6) is -0.468. The van der Waals surface area contributed by atoms with Gasteiger partial charge in [0.25, 0.3) is 11.6 Å². The van der Waals surface area contributed by atoms with E-state index in [1.165, 1.54) is 23.8 Å². The van der Waals surface area contributed by atoms with Crippen LogP contribution in [0.2, 0.25) is 5.02 Å². The molecule has 0 aliphatic heterocycles. The van der Waals surface area contributed by atoms with E-state index in [-0.39, 0.29) is 53.1 Å². The molecule has 2 amide bonds. The fourth-order valence-electron chi connectivity index (χ4n) is 4.09. The Labute approximate surface area is 192 Å². The van der Waals surface area contributed by atoms with Crippen molar-refractivity contribution in [1.29, 1.82) is 0 Å². The standard InChI is InChI=1S/C24H28ClN3O4/c1-3-16(2)27(24(30)18-11-12-20(25)22(15-18)28(31)32)14-13-23(29)26-21-10-6-8-17-7-4-5-9-19(17)21/h4-5,7,9,11-12,15-16,21H,3,6,8,10,13-14H2,1-2H3,(H,26,29). The maximum Gasteiger partial charge on any atom is 0.288 e. The minimum atomic E-state index is -0.609. The number of nitrogens with one attached hydrogen (secondary N) is 1. The number of amides is 2. The minimum absolute atomic E-state index is 0.0147. The molecular weight excluding hydrogens is 430 g/mol. The average molecular weight is 458 g/mol. The summed E-state index contributed by atoms with van der Waals surface area (Å²) in [5, 5.41) is 14.3. The number of halogens is 1. The van der Waals surface area contributed by atoms with Gasteiger partial charge in [0.1, 0.15) is 5.02 Å². The first-order valence-electron chi connectivity index (χ1n) is 10.9. The Morgan fingerprint density at radius 2 is 2.03 bits per heavy atom. The van der Waals surface area contributed by atoms with E-state index in [2.05, 4.69) is 17.4 Å². The van der Waals surface area contributed by atoms with E-state index >= 15 is 0 Å². The number of nitrogens with zero attached hydrogens (tertiary/aromatic N) is 2. The molecule has 0 heterocycles. The third-order valence-corrected chi connectivity index (χ3v) is 6.38. The van der Waals surface area contributed by atoms with Crippen LogP contribution in [-0.4, -0.2) is 34.2 Å². The zero-order valence-electron chi connectivity index (χ0n) is 18.3. The molecule has 8 heteroatoms. The number of hydrogen-bond acceptors (Lipinski definition) is 4. The number of nitro benzene ring substituents is 1. The fraction of sp³-hybridized carbons (Fsp3) is 0.417. The second kappa shape index (κ2) is 10.6. The van der Waals surface area contributed by atoms with Crippen molar-refractivity contribution in [3.63, 3.8) is 0 Å². The highest BCUT2D eigenvalue weighted by molar-refractivity contribution is 6.32. The van der Waals surface area contributed by atoms with Gasteiger partial charge in [-0.15, -0.1) is 0 Å². The second-order valence-corrected chi connectivity index (χ2v) is 8.55. The molecule has 32 heavy (non-hydrogen) atoms. The third kappa shape index (κ3) is 5.46. The first kappa shape index (κ1) is 23.7. The van der Waals surface area contributed by atoms with Crippen LogP contribution in [0, 0.1) is 10.1 Å². The molecule has 2 unspecified atom stereocenters. The van der Waals surface area contributed by atoms with Crippen molar-refractivity contribution in [3.05, 3.63) is 74.3 Å². The average Bonchev–Trinajstić information content (AvgIpc) is 2.79. The third-order valence-electron chi connectivity index (χ3n) is 6.06. The second-order valence-electron chi connectivity index (χ2n) is 8.14. The Morgan fingerprint density at radius 3 is 2.75 bits per heavy atom. The first-order valence-corrected chi connectivity index (χ1v) is 11.3. The quantitative estimate of drug-likeness (QED) is 0.442. The molecule has 0 fully saturated rings. The van der Waals surface area contributed by atoms with Gasteiger partial charge in [-0.05, 0) is 55.9 Å². The Kier molecular flexibility index (Phi) is 7.85. The maximum atomic E-state index is 13.1. The molecular formula is C24H28ClN3O4. The van der Waals surface area contributed by atoms with E-state index < -0.39 is 4.92 Å². The monoisotopic (exact) mass is 457 g/mol. The van der Waals surface area contributed by atoms with Gasteiger partial charge in [-0.3, -0.25) is 19.7 Å². The first-order chi connectivity index (χ1) is 15.3. The topological polar surface area (TPSA) is 92.6 Å². The van der Waals surface area contributed by atoms with Crippen LogP contribution in [0.1, 0.15) is 67.1 Å². The molecule has 0 spiro atoms. The van der Waals surface area contributed by atoms with Gasteiger partial charge in [0.15, 0.2) is 0 Å². The summed E-state index contributed by atoms with van der Waals surface area (Å²) >= 11 is 5.88. The van der Waals surface area contributed by atoms with E-state index in [0.717, 1.165) is 24.8 Å². The molecule has 2 aromatic carbocycles. The van der Waals surface area contributed by atoms with Crippen molar-refractivity contribution in [2.75, 3.05) is 6.54 Å². The van der Waals surface area contributed by atoms with E-state index in [4.69, 9.17) is 11.6 Å². The number of fused-ring (bicyclic) bond motifs is 1. The van der Waals surface area contributed by atoms with Crippen molar-refractivity contribution in [2.45, 2.75) is 58.0 Å². The summed E-state index contributed by atoms with van der Waals surface area (Å²) in [6.07, 6.45) is 3.79. The zero-order valence-corrected chi connectivity index (χ0v) is 19.1. The molecule has 2 atom stereocenters. The Hall–Kier alpha value is -2.93. The lowest BCUT2D eigenvalue weighted by molar-refractivity contribution is -0.384. The number of hydrogen-bond donors (Lipinski definition) is 1. The summed E-state index contributed by atoms with van der Waals surface area (Å²) in [6, 6.07) is 12.0. The van der Waals surface area contributed by atoms with Crippen LogP contribution in [0.3, 0.4) is 0 Å². The number of carbonyl (C=O) groups excluding carboxylic acids is 2. The molecule has 1 aliphatic rings. The SMILES string of the molecule is CCC(C)N(CCC(=O)NC1CCCc2ccccc21)C(=O)c1ccc(Cl)c([N+](=O)[O-])c1. The largest absolute Gasteiger partial charge is 0.349 e. The van der Waals surface area contributed by atoms with Gasteiger partial charge in [0, 0.05) is 30.6 Å². The zero-order chi connectivity index (χ0) is 23.3. The number of benzene rings is 2. The number of rotatable bonds is 8. The van der Waals surface area contributed by atoms with Gasteiger partial charge in [-0.2, -0.15) is 0 Å². The van der Waals surface area contributed by atoms with E-state index in [0.29, 0.717) is 6.42 Å². The molecule has 7 nitrogen and oxygen atoms in total. The van der Waals surface area contributed by atoms with E-state index in [1.807, 2.05) is 26.0 Å². The van der Waals surface area contributed by atoms with Gasteiger partial charge in [-0.1, -0.05) is 42.8 Å². The van der Waals surface area contributed by atoms with Crippen molar-refractivity contribution >= 4 is 29.1 Å². The van der Waals surface area contributed by atoms with E-state index in [1.54, 1.807) is 4.90 Å². The highest BCUT2D eigenvalue weighted by Gasteiger charge is 2.25. The van der Waals surface area contributed by atoms with Crippen molar-refractivity contribution in [2.24, 2.45) is 0 Å². The van der Waals surface area contributed by atoms with Crippen LogP contribution in [-0.2, 0) is 11.2 Å². The highest BCUT2D eigenvalue weighted by atomic mass is 35.5. The summed E-state index contributed by atoms with van der Waals surface area (Å²) in [5.41, 5.74) is 2.30. The van der Waals surface area contributed by atoms with Gasteiger partial charge < -0.3 is 10.2 Å². The Morgan fingerprint density at radius 1 is 1.28 bits per heavy atom. The molecule has 170 valence electrons. The molecule has 0 saturated carbocycles. The van der Waals surface area contributed by atoms with Gasteiger partial charge in [0.05, 0.1) is 11.0 Å². The summed E-state index contributed by atoms with van der Waals surface area (Å²) in [4.78, 5) is 38.0. The summed E-state index contributed by atoms with van der Waals surface area (Å²) < 4.78 is 0. The van der Waals surface area contributed by atoms with Crippen molar-refractivity contribution in [1.82, 2.24) is 10.2 Å². The highest BCUT2D eigenvalue weighted by Crippen LogP contribution is 2.29. The number of nitro groups is 1. The lowest BCUT2D eigenvalue weighted by Crippen LogP contribution is -2.41. The lowest BCUT2D eigenvalue weighted by atomic mass is 9.87. The number of aryl methyl sites for hydroxylation is 1. The summed E-state index contributed by atoms with van der Waals surface area (Å²) in [7, 11) is 0. The lowest BCUT2D eigenvalue weighted by Gasteiger charge is -2.30. The predicted molar refractivity (Wildman–Crippen MR) is 124 cm³/mol. The predicted octanol–water partition coefficient (Wildman–Crippen LogP) is 5.07. The van der Waals surface area contributed by atoms with Gasteiger partial charge in [-0.25, -0.2) is 0 Å². The normalized spacial score (nSPS) is 16.0. The molecule has 0 bridgehead atoms. The fourth-order valence-corrected chi connectivity index (χ4v) is 4.27. The molecule has 1 N–H and O–H groups in total. The minimum Gasteiger partial charge on any atom is -0.349 e. The molecule has 0 radical (unpaired) electrons. The number of carbonyl (C=O) groups is 2. The van der Waals surface area contributed by atoms with Crippen LogP contribution >= 0.6 is 11.6 Å². The van der Waals surface area contributed by atoms with Gasteiger partial charge in [0.2, 0.25) is 5.91 Å². The maximum absolute atomic E-state index is 13.1. The van der Waals surface area contributed by atoms with Crippen LogP contribution in [0.5, 0.6) is 0 Å². The van der Waals surface area contributed by atoms with E-state index in [9.17, 15) is 19.7 Å².